The van der Waals surface area contributed by atoms with Crippen molar-refractivity contribution in [2.24, 2.45) is 17.8 Å². The third kappa shape index (κ3) is 2.98. The monoisotopic (exact) mass is 183 g/mol. The smallest absolute Gasteiger partial charge is 0.0608 e. The summed E-state index contributed by atoms with van der Waals surface area (Å²) in [5.74, 6) is 2.36. The Bertz CT molecular complexity index is 142. The van der Waals surface area contributed by atoms with E-state index in [1.165, 1.54) is 19.3 Å². The highest BCUT2D eigenvalue weighted by Gasteiger charge is 2.30. The van der Waals surface area contributed by atoms with Gasteiger partial charge in [0.2, 0.25) is 0 Å². The van der Waals surface area contributed by atoms with E-state index in [0.717, 1.165) is 17.8 Å². The third-order valence-electron chi connectivity index (χ3n) is 3.29. The van der Waals surface area contributed by atoms with E-state index in [0.29, 0.717) is 12.7 Å². The lowest BCUT2D eigenvalue weighted by Crippen LogP contribution is -2.34. The van der Waals surface area contributed by atoms with Gasteiger partial charge < -0.3 is 4.74 Å². The topological polar surface area (TPSA) is 9.23 Å². The molecule has 1 fully saturated rings. The van der Waals surface area contributed by atoms with Crippen LogP contribution >= 0.6 is 0 Å². The second kappa shape index (κ2) is 4.99. The lowest BCUT2D eigenvalue weighted by Gasteiger charge is -2.36. The fraction of sp³-hybridized carbons (Fsp3) is 0.917. The Kier molecular flexibility index (Phi) is 4.24. The number of rotatable bonds is 3. The Balaban J connectivity index is 2.50. The van der Waals surface area contributed by atoms with Crippen molar-refractivity contribution in [3.8, 4) is 0 Å². The summed E-state index contributed by atoms with van der Waals surface area (Å²) < 4.78 is 5.72. The van der Waals surface area contributed by atoms with Gasteiger partial charge in [-0.05, 0) is 37.5 Å². The predicted molar refractivity (Wildman–Crippen MR) is 56.4 cm³/mol. The first-order valence-corrected chi connectivity index (χ1v) is 5.56. The van der Waals surface area contributed by atoms with Gasteiger partial charge in [-0.15, -0.1) is 0 Å². The number of ether oxygens (including phenoxy) is 1. The van der Waals surface area contributed by atoms with Gasteiger partial charge >= 0.3 is 0 Å². The quantitative estimate of drug-likeness (QED) is 0.652. The molecule has 1 rings (SSSR count). The van der Waals surface area contributed by atoms with E-state index >= 15 is 0 Å². The summed E-state index contributed by atoms with van der Waals surface area (Å²) in [4.78, 5) is 0. The Morgan fingerprint density at radius 2 is 2.08 bits per heavy atom. The third-order valence-corrected chi connectivity index (χ3v) is 3.29. The molecule has 0 N–H and O–H groups in total. The summed E-state index contributed by atoms with van der Waals surface area (Å²) in [5, 5.41) is 0. The molecule has 0 saturated heterocycles. The largest absolute Gasteiger partial charge is 0.378 e. The van der Waals surface area contributed by atoms with Crippen molar-refractivity contribution in [1.29, 1.82) is 0 Å². The predicted octanol–water partition coefficient (Wildman–Crippen LogP) is 3.30. The average molecular weight is 183 g/mol. The van der Waals surface area contributed by atoms with Crippen molar-refractivity contribution in [3.05, 3.63) is 6.92 Å². The van der Waals surface area contributed by atoms with Gasteiger partial charge in [0.05, 0.1) is 6.10 Å². The second-order valence-electron chi connectivity index (χ2n) is 4.74. The Morgan fingerprint density at radius 1 is 1.38 bits per heavy atom. The maximum atomic E-state index is 5.72. The molecule has 1 nitrogen and oxygen atoms in total. The Hall–Kier alpha value is -0.0400. The minimum absolute atomic E-state index is 0.473. The van der Waals surface area contributed by atoms with Gasteiger partial charge in [-0.25, -0.2) is 0 Å². The molecule has 0 aliphatic heterocycles. The van der Waals surface area contributed by atoms with Crippen LogP contribution in [0.25, 0.3) is 0 Å². The number of hydrogen-bond acceptors (Lipinski definition) is 1. The van der Waals surface area contributed by atoms with Crippen LogP contribution in [-0.2, 0) is 4.74 Å². The van der Waals surface area contributed by atoms with Crippen LogP contribution in [0.5, 0.6) is 0 Å². The van der Waals surface area contributed by atoms with Crippen LogP contribution in [0.4, 0.5) is 0 Å². The highest BCUT2D eigenvalue weighted by Crippen LogP contribution is 2.35. The van der Waals surface area contributed by atoms with E-state index < -0.39 is 0 Å². The maximum Gasteiger partial charge on any atom is 0.0608 e. The van der Waals surface area contributed by atoms with Crippen LogP contribution in [0.3, 0.4) is 0 Å². The van der Waals surface area contributed by atoms with E-state index in [1.807, 2.05) is 0 Å². The standard InChI is InChI=1S/C12H23O/c1-5-13-12-8-10(4)6-7-11(12)9(2)3/h9-12H,1,5-8H2,2-4H3. The molecule has 1 heteroatoms. The summed E-state index contributed by atoms with van der Waals surface area (Å²) in [5.41, 5.74) is 0. The zero-order valence-corrected chi connectivity index (χ0v) is 9.25. The summed E-state index contributed by atoms with van der Waals surface area (Å²) in [6, 6.07) is 0. The molecule has 0 amide bonds. The molecule has 0 spiro atoms. The Morgan fingerprint density at radius 3 is 2.62 bits per heavy atom. The molecule has 0 heterocycles. The molecule has 1 aliphatic rings. The van der Waals surface area contributed by atoms with Crippen molar-refractivity contribution < 1.29 is 4.74 Å². The molecule has 0 bridgehead atoms. The van der Waals surface area contributed by atoms with Gasteiger partial charge in [-0.2, -0.15) is 0 Å². The van der Waals surface area contributed by atoms with E-state index in [4.69, 9.17) is 4.74 Å². The minimum Gasteiger partial charge on any atom is -0.378 e. The summed E-state index contributed by atoms with van der Waals surface area (Å²) >= 11 is 0. The first-order valence-electron chi connectivity index (χ1n) is 5.56. The molecule has 3 atom stereocenters. The highest BCUT2D eigenvalue weighted by molar-refractivity contribution is 4.81. The fourth-order valence-corrected chi connectivity index (χ4v) is 2.46. The van der Waals surface area contributed by atoms with Crippen LogP contribution in [0, 0.1) is 24.7 Å². The van der Waals surface area contributed by atoms with E-state index in [9.17, 15) is 0 Å². The molecule has 1 saturated carbocycles. The van der Waals surface area contributed by atoms with Crippen LogP contribution in [0.15, 0.2) is 0 Å². The molecule has 3 unspecified atom stereocenters. The minimum atomic E-state index is 0.473. The molecular weight excluding hydrogens is 160 g/mol. The van der Waals surface area contributed by atoms with Crippen LogP contribution in [0.1, 0.15) is 40.0 Å². The van der Waals surface area contributed by atoms with Crippen LogP contribution in [-0.4, -0.2) is 12.7 Å². The van der Waals surface area contributed by atoms with Crippen molar-refractivity contribution in [2.45, 2.75) is 46.1 Å². The molecule has 1 radical (unpaired) electrons. The molecular formula is C12H23O. The van der Waals surface area contributed by atoms with Gasteiger partial charge in [0.15, 0.2) is 0 Å². The van der Waals surface area contributed by atoms with Gasteiger partial charge in [-0.3, -0.25) is 0 Å². The molecule has 1 aliphatic carbocycles. The van der Waals surface area contributed by atoms with Gasteiger partial charge in [0, 0.05) is 6.61 Å². The normalized spacial score (nSPS) is 35.3. The lowest BCUT2D eigenvalue weighted by atomic mass is 9.75. The summed E-state index contributed by atoms with van der Waals surface area (Å²) in [6.07, 6.45) is 4.42. The zero-order valence-electron chi connectivity index (χ0n) is 9.25. The highest BCUT2D eigenvalue weighted by atomic mass is 16.5. The van der Waals surface area contributed by atoms with Gasteiger partial charge in [0.25, 0.3) is 0 Å². The van der Waals surface area contributed by atoms with Gasteiger partial charge in [0.1, 0.15) is 0 Å². The first kappa shape index (κ1) is 11.0. The van der Waals surface area contributed by atoms with Crippen LogP contribution in [0.2, 0.25) is 0 Å². The van der Waals surface area contributed by atoms with Crippen LogP contribution < -0.4 is 0 Å². The maximum absolute atomic E-state index is 5.72. The zero-order chi connectivity index (χ0) is 9.84. The van der Waals surface area contributed by atoms with E-state index in [2.05, 4.69) is 27.7 Å². The van der Waals surface area contributed by atoms with Crippen molar-refractivity contribution in [2.75, 3.05) is 6.61 Å². The molecule has 0 aromatic rings. The summed E-state index contributed by atoms with van der Waals surface area (Å²) in [6.45, 7) is 11.3. The first-order chi connectivity index (χ1) is 6.15. The average Bonchev–Trinajstić information content (AvgIpc) is 2.04. The molecule has 0 aromatic heterocycles. The molecule has 0 aromatic carbocycles. The SMILES string of the molecule is [CH2]COC1CC(C)CCC1C(C)C. The fourth-order valence-electron chi connectivity index (χ4n) is 2.46. The second-order valence-corrected chi connectivity index (χ2v) is 4.74. The van der Waals surface area contributed by atoms with Crippen molar-refractivity contribution in [1.82, 2.24) is 0 Å². The molecule has 13 heavy (non-hydrogen) atoms. The number of hydrogen-bond donors (Lipinski definition) is 0. The summed E-state index contributed by atoms with van der Waals surface area (Å²) in [7, 11) is 0. The van der Waals surface area contributed by atoms with E-state index in [-0.39, 0.29) is 0 Å². The van der Waals surface area contributed by atoms with Gasteiger partial charge in [-0.1, -0.05) is 27.2 Å². The lowest BCUT2D eigenvalue weighted by molar-refractivity contribution is -0.0268. The van der Waals surface area contributed by atoms with E-state index in [1.54, 1.807) is 0 Å². The molecule has 77 valence electrons. The van der Waals surface area contributed by atoms with Crippen molar-refractivity contribution in [3.63, 3.8) is 0 Å². The van der Waals surface area contributed by atoms with Crippen molar-refractivity contribution >= 4 is 0 Å². The Labute approximate surface area is 82.9 Å².